The van der Waals surface area contributed by atoms with Crippen molar-refractivity contribution in [2.24, 2.45) is 0 Å². The first-order valence-corrected chi connectivity index (χ1v) is 6.38. The number of nitrogens with two attached hydrogens (primary N) is 1. The van der Waals surface area contributed by atoms with Gasteiger partial charge < -0.3 is 14.7 Å². The topological polar surface area (TPSA) is 78.1 Å². The van der Waals surface area contributed by atoms with Crippen molar-refractivity contribution in [2.45, 2.75) is 6.92 Å². The molecule has 1 aromatic carbocycles. The molecule has 19 heavy (non-hydrogen) atoms. The zero-order valence-corrected chi connectivity index (χ0v) is 11.6. The van der Waals surface area contributed by atoms with Gasteiger partial charge in [-0.25, -0.2) is 0 Å². The first-order valence-electron chi connectivity index (χ1n) is 5.59. The Morgan fingerprint density at radius 2 is 2.11 bits per heavy atom. The number of hydrogen-bond acceptors (Lipinski definition) is 5. The van der Waals surface area contributed by atoms with Crippen molar-refractivity contribution >= 4 is 21.6 Å². The second-order valence-corrected chi connectivity index (χ2v) is 4.91. The molecule has 0 aliphatic carbocycles. The Hall–Kier alpha value is -2.08. The van der Waals surface area contributed by atoms with Crippen LogP contribution in [0.15, 0.2) is 43.9 Å². The molecule has 0 spiro atoms. The Labute approximate surface area is 117 Å². The Morgan fingerprint density at radius 3 is 2.84 bits per heavy atom. The molecule has 6 heteroatoms. The highest BCUT2D eigenvalue weighted by Gasteiger charge is 2.17. The standard InChI is InChI=1S/C13H10BrN3O2/c1-7-5-6-18-11(7)12-16-13(19-17-12)8-3-2-4-9(14)10(8)15/h2-6H,15H2,1H3. The first-order chi connectivity index (χ1) is 9.16. The predicted molar refractivity (Wildman–Crippen MR) is 74.3 cm³/mol. The second kappa shape index (κ2) is 4.55. The lowest BCUT2D eigenvalue weighted by atomic mass is 10.2. The van der Waals surface area contributed by atoms with Crippen LogP contribution in [0, 0.1) is 6.92 Å². The molecule has 3 aromatic rings. The lowest BCUT2D eigenvalue weighted by molar-refractivity contribution is 0.429. The molecule has 96 valence electrons. The Balaban J connectivity index is 2.07. The average molecular weight is 320 g/mol. The van der Waals surface area contributed by atoms with Gasteiger partial charge in [-0.3, -0.25) is 0 Å². The third-order valence-electron chi connectivity index (χ3n) is 2.77. The zero-order valence-electron chi connectivity index (χ0n) is 10.1. The van der Waals surface area contributed by atoms with E-state index in [0.29, 0.717) is 28.7 Å². The van der Waals surface area contributed by atoms with Crippen LogP contribution in [0.1, 0.15) is 5.56 Å². The highest BCUT2D eigenvalue weighted by Crippen LogP contribution is 2.32. The van der Waals surface area contributed by atoms with E-state index in [0.717, 1.165) is 10.0 Å². The van der Waals surface area contributed by atoms with Crippen molar-refractivity contribution in [1.29, 1.82) is 0 Å². The highest BCUT2D eigenvalue weighted by atomic mass is 79.9. The van der Waals surface area contributed by atoms with Gasteiger partial charge in [0.05, 0.1) is 17.5 Å². The summed E-state index contributed by atoms with van der Waals surface area (Å²) in [5.41, 5.74) is 8.18. The molecule has 0 saturated carbocycles. The number of furan rings is 1. The van der Waals surface area contributed by atoms with Crippen molar-refractivity contribution in [2.75, 3.05) is 5.73 Å². The summed E-state index contributed by atoms with van der Waals surface area (Å²) < 4.78 is 11.4. The summed E-state index contributed by atoms with van der Waals surface area (Å²) in [6, 6.07) is 7.38. The van der Waals surface area contributed by atoms with Gasteiger partial charge in [0.15, 0.2) is 5.76 Å². The molecular weight excluding hydrogens is 310 g/mol. The van der Waals surface area contributed by atoms with Gasteiger partial charge in [0.2, 0.25) is 5.82 Å². The van der Waals surface area contributed by atoms with Gasteiger partial charge in [-0.1, -0.05) is 11.2 Å². The van der Waals surface area contributed by atoms with Gasteiger partial charge in [0.1, 0.15) is 0 Å². The predicted octanol–water partition coefficient (Wildman–Crippen LogP) is 3.65. The van der Waals surface area contributed by atoms with Crippen LogP contribution in [0.4, 0.5) is 5.69 Å². The van der Waals surface area contributed by atoms with E-state index in [9.17, 15) is 0 Å². The molecule has 2 heterocycles. The number of benzene rings is 1. The van der Waals surface area contributed by atoms with Crippen molar-refractivity contribution in [1.82, 2.24) is 10.1 Å². The quantitative estimate of drug-likeness (QED) is 0.729. The number of aryl methyl sites for hydroxylation is 1. The summed E-state index contributed by atoms with van der Waals surface area (Å²) >= 11 is 3.37. The Bertz CT molecular complexity index is 733. The monoisotopic (exact) mass is 319 g/mol. The van der Waals surface area contributed by atoms with Gasteiger partial charge in [-0.05, 0) is 46.6 Å². The van der Waals surface area contributed by atoms with Gasteiger partial charge in [0.25, 0.3) is 5.89 Å². The molecule has 0 bridgehead atoms. The minimum atomic E-state index is 0.365. The third kappa shape index (κ3) is 2.04. The number of anilines is 1. The molecule has 0 atom stereocenters. The van der Waals surface area contributed by atoms with Gasteiger partial charge >= 0.3 is 0 Å². The van der Waals surface area contributed by atoms with E-state index in [1.54, 1.807) is 6.26 Å². The minimum absolute atomic E-state index is 0.365. The van der Waals surface area contributed by atoms with Crippen LogP contribution in [-0.2, 0) is 0 Å². The molecule has 3 rings (SSSR count). The van der Waals surface area contributed by atoms with Gasteiger partial charge in [-0.15, -0.1) is 0 Å². The number of para-hydroxylation sites is 1. The van der Waals surface area contributed by atoms with Crippen molar-refractivity contribution in [3.05, 3.63) is 40.6 Å². The normalized spacial score (nSPS) is 10.8. The van der Waals surface area contributed by atoms with E-state index in [4.69, 9.17) is 14.7 Å². The molecule has 5 nitrogen and oxygen atoms in total. The van der Waals surface area contributed by atoms with E-state index in [2.05, 4.69) is 26.1 Å². The number of halogens is 1. The third-order valence-corrected chi connectivity index (χ3v) is 3.47. The van der Waals surface area contributed by atoms with E-state index < -0.39 is 0 Å². The summed E-state index contributed by atoms with van der Waals surface area (Å²) in [4.78, 5) is 4.31. The molecule has 0 amide bonds. The number of nitrogen functional groups attached to an aromatic ring is 1. The van der Waals surface area contributed by atoms with Crippen LogP contribution in [0.3, 0.4) is 0 Å². The fourth-order valence-electron chi connectivity index (χ4n) is 1.75. The first kappa shape index (κ1) is 12.0. The lowest BCUT2D eigenvalue weighted by Gasteiger charge is -2.01. The molecule has 0 radical (unpaired) electrons. The fourth-order valence-corrected chi connectivity index (χ4v) is 2.12. The van der Waals surface area contributed by atoms with Crippen LogP contribution in [0.25, 0.3) is 23.0 Å². The minimum Gasteiger partial charge on any atom is -0.461 e. The fraction of sp³-hybridized carbons (Fsp3) is 0.0769. The molecule has 0 aliphatic rings. The zero-order chi connectivity index (χ0) is 13.4. The smallest absolute Gasteiger partial charge is 0.260 e. The van der Waals surface area contributed by atoms with Crippen LogP contribution in [0.5, 0.6) is 0 Å². The summed E-state index contributed by atoms with van der Waals surface area (Å²) in [5.74, 6) is 1.38. The second-order valence-electron chi connectivity index (χ2n) is 4.06. The number of hydrogen-bond donors (Lipinski definition) is 1. The Morgan fingerprint density at radius 1 is 1.26 bits per heavy atom. The van der Waals surface area contributed by atoms with Crippen LogP contribution in [0.2, 0.25) is 0 Å². The van der Waals surface area contributed by atoms with Crippen molar-refractivity contribution < 1.29 is 8.94 Å². The maximum atomic E-state index is 5.97. The number of rotatable bonds is 2. The molecule has 0 unspecified atom stereocenters. The van der Waals surface area contributed by atoms with Crippen molar-refractivity contribution in [3.8, 4) is 23.0 Å². The maximum Gasteiger partial charge on any atom is 0.260 e. The van der Waals surface area contributed by atoms with E-state index in [1.807, 2.05) is 31.2 Å². The molecule has 0 aliphatic heterocycles. The molecular formula is C13H10BrN3O2. The average Bonchev–Trinajstić information content (AvgIpc) is 3.01. The van der Waals surface area contributed by atoms with Gasteiger partial charge in [-0.2, -0.15) is 4.98 Å². The maximum absolute atomic E-state index is 5.97. The van der Waals surface area contributed by atoms with E-state index in [-0.39, 0.29) is 0 Å². The van der Waals surface area contributed by atoms with E-state index in [1.165, 1.54) is 0 Å². The highest BCUT2D eigenvalue weighted by molar-refractivity contribution is 9.10. The lowest BCUT2D eigenvalue weighted by Crippen LogP contribution is -1.91. The molecule has 2 N–H and O–H groups in total. The molecule has 0 fully saturated rings. The van der Waals surface area contributed by atoms with Crippen molar-refractivity contribution in [3.63, 3.8) is 0 Å². The van der Waals surface area contributed by atoms with Crippen LogP contribution >= 0.6 is 15.9 Å². The number of nitrogens with zero attached hydrogens (tertiary/aromatic N) is 2. The summed E-state index contributed by atoms with van der Waals surface area (Å²) in [6.45, 7) is 1.92. The summed E-state index contributed by atoms with van der Waals surface area (Å²) in [7, 11) is 0. The SMILES string of the molecule is Cc1ccoc1-c1noc(-c2cccc(Br)c2N)n1. The number of aromatic nitrogens is 2. The van der Waals surface area contributed by atoms with Crippen LogP contribution < -0.4 is 5.73 Å². The van der Waals surface area contributed by atoms with E-state index >= 15 is 0 Å². The summed E-state index contributed by atoms with van der Waals surface area (Å²) in [5, 5.41) is 3.92. The van der Waals surface area contributed by atoms with Crippen LogP contribution in [-0.4, -0.2) is 10.1 Å². The summed E-state index contributed by atoms with van der Waals surface area (Å²) in [6.07, 6.45) is 1.59. The van der Waals surface area contributed by atoms with Gasteiger partial charge in [0, 0.05) is 4.47 Å². The Kier molecular flexibility index (Phi) is 2.87. The molecule has 2 aromatic heterocycles. The largest absolute Gasteiger partial charge is 0.461 e. The molecule has 0 saturated heterocycles.